The molecule has 0 aliphatic carbocycles. The molecule has 2 aromatic carbocycles. The largest absolute Gasteiger partial charge is 0.334 e. The summed E-state index contributed by atoms with van der Waals surface area (Å²) < 4.78 is 0. The van der Waals surface area contributed by atoms with Gasteiger partial charge < -0.3 is 5.32 Å². The van der Waals surface area contributed by atoms with Gasteiger partial charge in [-0.25, -0.2) is 0 Å². The lowest BCUT2D eigenvalue weighted by molar-refractivity contribution is 0.0922. The quantitative estimate of drug-likeness (QED) is 0.907. The van der Waals surface area contributed by atoms with Gasteiger partial charge >= 0.3 is 0 Å². The van der Waals surface area contributed by atoms with E-state index >= 15 is 0 Å². The van der Waals surface area contributed by atoms with E-state index in [0.29, 0.717) is 23.4 Å². The van der Waals surface area contributed by atoms with Gasteiger partial charge in [-0.1, -0.05) is 54.1 Å². The molecule has 22 heavy (non-hydrogen) atoms. The zero-order valence-corrected chi connectivity index (χ0v) is 13.1. The standard InChI is InChI=1S/C18H17ClN2O/c1-18(13-20,12-11-14-7-3-2-4-8-14)21-17(22)15-9-5-6-10-16(15)19/h2-10H,11-12H2,1H3,(H,21,22)/t18-/m1/s1. The number of nitrogens with one attached hydrogen (secondary N) is 1. The predicted molar refractivity (Wildman–Crippen MR) is 87.7 cm³/mol. The van der Waals surface area contributed by atoms with E-state index < -0.39 is 5.54 Å². The molecule has 3 nitrogen and oxygen atoms in total. The van der Waals surface area contributed by atoms with E-state index in [1.807, 2.05) is 30.3 Å². The van der Waals surface area contributed by atoms with Crippen LogP contribution in [0.15, 0.2) is 54.6 Å². The molecule has 112 valence electrons. The molecule has 2 aromatic rings. The Morgan fingerprint density at radius 2 is 1.82 bits per heavy atom. The molecule has 0 aliphatic rings. The second-order valence-electron chi connectivity index (χ2n) is 5.36. The minimum absolute atomic E-state index is 0.331. The van der Waals surface area contributed by atoms with Crippen LogP contribution in [0.25, 0.3) is 0 Å². The molecular formula is C18H17ClN2O. The Balaban J connectivity index is 2.06. The molecular weight excluding hydrogens is 296 g/mol. The first kappa shape index (κ1) is 16.1. The zero-order chi connectivity index (χ0) is 16.0. The Kier molecular flexibility index (Phi) is 5.19. The number of amides is 1. The summed E-state index contributed by atoms with van der Waals surface area (Å²) in [5.74, 6) is -0.331. The van der Waals surface area contributed by atoms with Crippen LogP contribution in [0.5, 0.6) is 0 Å². The minimum Gasteiger partial charge on any atom is -0.334 e. The number of nitriles is 1. The van der Waals surface area contributed by atoms with E-state index in [2.05, 4.69) is 11.4 Å². The smallest absolute Gasteiger partial charge is 0.254 e. The summed E-state index contributed by atoms with van der Waals surface area (Å²) >= 11 is 6.02. The second kappa shape index (κ2) is 7.11. The Labute approximate surface area is 135 Å². The first-order valence-electron chi connectivity index (χ1n) is 7.06. The van der Waals surface area contributed by atoms with Crippen molar-refractivity contribution in [1.29, 1.82) is 5.26 Å². The lowest BCUT2D eigenvalue weighted by Crippen LogP contribution is -2.45. The lowest BCUT2D eigenvalue weighted by Gasteiger charge is -2.23. The molecule has 1 atom stereocenters. The molecule has 1 amide bonds. The predicted octanol–water partition coefficient (Wildman–Crippen LogP) is 3.98. The molecule has 0 aliphatic heterocycles. The SMILES string of the molecule is C[C@](C#N)(CCc1ccccc1)NC(=O)c1ccccc1Cl. The summed E-state index contributed by atoms with van der Waals surface area (Å²) in [5.41, 5.74) is 0.577. The summed E-state index contributed by atoms with van der Waals surface area (Å²) in [6.45, 7) is 1.73. The highest BCUT2D eigenvalue weighted by atomic mass is 35.5. The fraction of sp³-hybridized carbons (Fsp3) is 0.222. The van der Waals surface area contributed by atoms with Crippen molar-refractivity contribution < 1.29 is 4.79 Å². The number of carbonyl (C=O) groups is 1. The van der Waals surface area contributed by atoms with Crippen molar-refractivity contribution in [3.05, 3.63) is 70.7 Å². The number of benzene rings is 2. The number of rotatable bonds is 5. The third kappa shape index (κ3) is 4.09. The van der Waals surface area contributed by atoms with Crippen molar-refractivity contribution in [2.24, 2.45) is 0 Å². The topological polar surface area (TPSA) is 52.9 Å². The van der Waals surface area contributed by atoms with Crippen molar-refractivity contribution >= 4 is 17.5 Å². The molecule has 0 unspecified atom stereocenters. The first-order chi connectivity index (χ1) is 10.5. The number of carbonyl (C=O) groups excluding carboxylic acids is 1. The van der Waals surface area contributed by atoms with Gasteiger partial charge in [0.05, 0.1) is 16.7 Å². The monoisotopic (exact) mass is 312 g/mol. The van der Waals surface area contributed by atoms with Crippen LogP contribution < -0.4 is 5.32 Å². The van der Waals surface area contributed by atoms with E-state index in [0.717, 1.165) is 5.56 Å². The van der Waals surface area contributed by atoms with Crippen molar-refractivity contribution in [2.75, 3.05) is 0 Å². The number of hydrogen-bond acceptors (Lipinski definition) is 2. The van der Waals surface area contributed by atoms with E-state index in [1.165, 1.54) is 0 Å². The second-order valence-corrected chi connectivity index (χ2v) is 5.77. The zero-order valence-electron chi connectivity index (χ0n) is 12.3. The Hall–Kier alpha value is -2.31. The highest BCUT2D eigenvalue weighted by Crippen LogP contribution is 2.18. The molecule has 0 spiro atoms. The summed E-state index contributed by atoms with van der Waals surface area (Å²) in [4.78, 5) is 12.3. The average molecular weight is 313 g/mol. The van der Waals surface area contributed by atoms with E-state index in [4.69, 9.17) is 11.6 Å². The summed E-state index contributed by atoms with van der Waals surface area (Å²) in [6, 6.07) is 18.9. The third-order valence-electron chi connectivity index (χ3n) is 3.51. The number of aryl methyl sites for hydroxylation is 1. The molecule has 1 N–H and O–H groups in total. The average Bonchev–Trinajstić information content (AvgIpc) is 2.54. The van der Waals surface area contributed by atoms with Gasteiger partial charge in [-0.05, 0) is 37.5 Å². The Morgan fingerprint density at radius 1 is 1.18 bits per heavy atom. The van der Waals surface area contributed by atoms with Crippen molar-refractivity contribution in [2.45, 2.75) is 25.3 Å². The van der Waals surface area contributed by atoms with Gasteiger partial charge in [-0.2, -0.15) is 5.26 Å². The van der Waals surface area contributed by atoms with Crippen LogP contribution in [0.4, 0.5) is 0 Å². The fourth-order valence-corrected chi connectivity index (χ4v) is 2.37. The molecule has 4 heteroatoms. The van der Waals surface area contributed by atoms with Crippen LogP contribution in [-0.4, -0.2) is 11.4 Å². The lowest BCUT2D eigenvalue weighted by atomic mass is 9.94. The molecule has 0 aromatic heterocycles. The van der Waals surface area contributed by atoms with Crippen LogP contribution in [0.2, 0.25) is 5.02 Å². The Morgan fingerprint density at radius 3 is 2.45 bits per heavy atom. The maximum atomic E-state index is 12.3. The number of halogens is 1. The van der Waals surface area contributed by atoms with E-state index in [9.17, 15) is 10.1 Å². The van der Waals surface area contributed by atoms with Crippen LogP contribution in [0.1, 0.15) is 29.3 Å². The van der Waals surface area contributed by atoms with Crippen LogP contribution in [0.3, 0.4) is 0 Å². The Bertz CT molecular complexity index is 694. The first-order valence-corrected chi connectivity index (χ1v) is 7.44. The third-order valence-corrected chi connectivity index (χ3v) is 3.84. The van der Waals surface area contributed by atoms with E-state index in [1.54, 1.807) is 31.2 Å². The summed E-state index contributed by atoms with van der Waals surface area (Å²) in [5, 5.41) is 12.6. The van der Waals surface area contributed by atoms with Gasteiger partial charge in [0.15, 0.2) is 0 Å². The molecule has 2 rings (SSSR count). The van der Waals surface area contributed by atoms with Gasteiger partial charge in [-0.3, -0.25) is 4.79 Å². The van der Waals surface area contributed by atoms with Gasteiger partial charge in [0, 0.05) is 0 Å². The van der Waals surface area contributed by atoms with Crippen molar-refractivity contribution in [1.82, 2.24) is 5.32 Å². The molecule has 0 fully saturated rings. The minimum atomic E-state index is -0.938. The fourth-order valence-electron chi connectivity index (χ4n) is 2.15. The van der Waals surface area contributed by atoms with Crippen molar-refractivity contribution in [3.63, 3.8) is 0 Å². The van der Waals surface area contributed by atoms with Crippen LogP contribution in [-0.2, 0) is 6.42 Å². The van der Waals surface area contributed by atoms with Crippen molar-refractivity contribution in [3.8, 4) is 6.07 Å². The van der Waals surface area contributed by atoms with Gasteiger partial charge in [-0.15, -0.1) is 0 Å². The molecule has 0 radical (unpaired) electrons. The number of hydrogen-bond donors (Lipinski definition) is 1. The summed E-state index contributed by atoms with van der Waals surface area (Å²) in [7, 11) is 0. The highest BCUT2D eigenvalue weighted by molar-refractivity contribution is 6.33. The molecule has 0 saturated carbocycles. The van der Waals surface area contributed by atoms with Gasteiger partial charge in [0.1, 0.15) is 5.54 Å². The van der Waals surface area contributed by atoms with E-state index in [-0.39, 0.29) is 5.91 Å². The van der Waals surface area contributed by atoms with Gasteiger partial charge in [0.2, 0.25) is 0 Å². The van der Waals surface area contributed by atoms with Crippen LogP contribution in [0, 0.1) is 11.3 Å². The molecule has 0 heterocycles. The maximum absolute atomic E-state index is 12.3. The van der Waals surface area contributed by atoms with Gasteiger partial charge in [0.25, 0.3) is 5.91 Å². The maximum Gasteiger partial charge on any atom is 0.254 e. The number of nitrogens with zero attached hydrogens (tertiary/aromatic N) is 1. The highest BCUT2D eigenvalue weighted by Gasteiger charge is 2.27. The normalized spacial score (nSPS) is 13.0. The van der Waals surface area contributed by atoms with Crippen LogP contribution >= 0.6 is 11.6 Å². The summed E-state index contributed by atoms with van der Waals surface area (Å²) in [6.07, 6.45) is 1.25. The molecule has 0 saturated heterocycles. The molecule has 0 bridgehead atoms.